The number of benzene rings is 2. The highest BCUT2D eigenvalue weighted by Gasteiger charge is 2.06. The minimum Gasteiger partial charge on any atom is -0.491 e. The van der Waals surface area contributed by atoms with Gasteiger partial charge < -0.3 is 15.4 Å². The molecular weight excluding hydrogens is 290 g/mol. The number of hydrogen-bond donors (Lipinski definition) is 2. The molecule has 0 radical (unpaired) electrons. The molecule has 0 aliphatic carbocycles. The Morgan fingerprint density at radius 2 is 1.96 bits per heavy atom. The van der Waals surface area contributed by atoms with Gasteiger partial charge in [-0.25, -0.2) is 4.79 Å². The molecule has 118 valence electrons. The van der Waals surface area contributed by atoms with E-state index in [0.717, 1.165) is 11.3 Å². The van der Waals surface area contributed by atoms with Crippen LogP contribution in [0, 0.1) is 25.2 Å². The van der Waals surface area contributed by atoms with Crippen molar-refractivity contribution in [1.82, 2.24) is 5.32 Å². The van der Waals surface area contributed by atoms with Crippen LogP contribution in [0.25, 0.3) is 0 Å². The maximum atomic E-state index is 11.8. The molecular formula is C18H19N3O2. The summed E-state index contributed by atoms with van der Waals surface area (Å²) in [5.74, 6) is 0.821. The van der Waals surface area contributed by atoms with Crippen LogP contribution in [-0.2, 0) is 0 Å². The van der Waals surface area contributed by atoms with Crippen LogP contribution in [0.2, 0.25) is 0 Å². The van der Waals surface area contributed by atoms with Crippen molar-refractivity contribution in [1.29, 1.82) is 5.26 Å². The predicted molar refractivity (Wildman–Crippen MR) is 89.6 cm³/mol. The number of amides is 2. The first-order valence-corrected chi connectivity index (χ1v) is 7.35. The maximum Gasteiger partial charge on any atom is 0.319 e. The topological polar surface area (TPSA) is 74.2 Å². The number of anilines is 1. The Labute approximate surface area is 135 Å². The minimum atomic E-state index is -0.364. The molecule has 0 saturated heterocycles. The Balaban J connectivity index is 1.79. The third-order valence-corrected chi connectivity index (χ3v) is 3.50. The number of aryl methyl sites for hydroxylation is 1. The molecule has 2 amide bonds. The summed E-state index contributed by atoms with van der Waals surface area (Å²) in [6, 6.07) is 14.4. The lowest BCUT2D eigenvalue weighted by Gasteiger charge is -2.12. The summed E-state index contributed by atoms with van der Waals surface area (Å²) >= 11 is 0. The zero-order valence-electron chi connectivity index (χ0n) is 13.2. The van der Waals surface area contributed by atoms with Crippen molar-refractivity contribution >= 4 is 11.7 Å². The Morgan fingerprint density at radius 1 is 1.17 bits per heavy atom. The van der Waals surface area contributed by atoms with Gasteiger partial charge in [-0.1, -0.05) is 24.3 Å². The molecule has 0 spiro atoms. The van der Waals surface area contributed by atoms with E-state index in [1.807, 2.05) is 38.1 Å². The number of nitriles is 1. The van der Waals surface area contributed by atoms with Crippen LogP contribution in [0.15, 0.2) is 42.5 Å². The molecule has 0 aliphatic heterocycles. The van der Waals surface area contributed by atoms with E-state index in [2.05, 4.69) is 10.6 Å². The zero-order valence-corrected chi connectivity index (χ0v) is 13.2. The lowest BCUT2D eigenvalue weighted by atomic mass is 10.1. The fraction of sp³-hybridized carbons (Fsp3) is 0.222. The Morgan fingerprint density at radius 3 is 2.74 bits per heavy atom. The number of carbonyl (C=O) groups excluding carboxylic acids is 1. The molecule has 5 nitrogen and oxygen atoms in total. The van der Waals surface area contributed by atoms with Gasteiger partial charge in [0.15, 0.2) is 0 Å². The monoisotopic (exact) mass is 309 g/mol. The number of urea groups is 1. The third-order valence-electron chi connectivity index (χ3n) is 3.50. The summed E-state index contributed by atoms with van der Waals surface area (Å²) in [6.45, 7) is 4.77. The smallest absolute Gasteiger partial charge is 0.319 e. The molecule has 0 bridgehead atoms. The number of nitrogens with one attached hydrogen (secondary N) is 2. The van der Waals surface area contributed by atoms with Crippen molar-refractivity contribution < 1.29 is 9.53 Å². The zero-order chi connectivity index (χ0) is 16.7. The molecule has 0 heterocycles. The van der Waals surface area contributed by atoms with Crippen LogP contribution in [0.3, 0.4) is 0 Å². The molecule has 2 aromatic rings. The fourth-order valence-corrected chi connectivity index (χ4v) is 2.06. The standard InChI is InChI=1S/C18H19N3O2/c1-13-6-5-9-17(14(13)2)23-11-10-20-18(22)21-16-8-4-3-7-15(16)12-19/h3-9H,10-11H2,1-2H3,(H2,20,21,22). The van der Waals surface area contributed by atoms with Crippen molar-refractivity contribution in [3.8, 4) is 11.8 Å². The number of rotatable bonds is 5. The van der Waals surface area contributed by atoms with Gasteiger partial charge in [-0.05, 0) is 43.2 Å². The van der Waals surface area contributed by atoms with Gasteiger partial charge in [-0.15, -0.1) is 0 Å². The van der Waals surface area contributed by atoms with Crippen molar-refractivity contribution in [2.24, 2.45) is 0 Å². The van der Waals surface area contributed by atoms with Gasteiger partial charge in [-0.2, -0.15) is 5.26 Å². The van der Waals surface area contributed by atoms with Crippen LogP contribution in [0.1, 0.15) is 16.7 Å². The summed E-state index contributed by atoms with van der Waals surface area (Å²) in [4.78, 5) is 11.8. The van der Waals surface area contributed by atoms with Crippen molar-refractivity contribution in [3.63, 3.8) is 0 Å². The van der Waals surface area contributed by atoms with E-state index in [0.29, 0.717) is 24.4 Å². The van der Waals surface area contributed by atoms with E-state index in [1.165, 1.54) is 5.56 Å². The Kier molecular flexibility index (Phi) is 5.59. The van der Waals surface area contributed by atoms with Gasteiger partial charge >= 0.3 is 6.03 Å². The summed E-state index contributed by atoms with van der Waals surface area (Å²) in [6.07, 6.45) is 0. The predicted octanol–water partition coefficient (Wildman–Crippen LogP) is 3.38. The van der Waals surface area contributed by atoms with E-state index >= 15 is 0 Å². The van der Waals surface area contributed by atoms with Crippen molar-refractivity contribution in [3.05, 3.63) is 59.2 Å². The fourth-order valence-electron chi connectivity index (χ4n) is 2.06. The number of carbonyl (C=O) groups is 1. The average Bonchev–Trinajstić information content (AvgIpc) is 2.55. The van der Waals surface area contributed by atoms with Crippen LogP contribution >= 0.6 is 0 Å². The molecule has 0 unspecified atom stereocenters. The third kappa shape index (κ3) is 4.48. The van der Waals surface area contributed by atoms with Crippen molar-refractivity contribution in [2.45, 2.75) is 13.8 Å². The highest BCUT2D eigenvalue weighted by molar-refractivity contribution is 5.90. The summed E-state index contributed by atoms with van der Waals surface area (Å²) in [5.41, 5.74) is 3.18. The normalized spacial score (nSPS) is 9.78. The van der Waals surface area contributed by atoms with E-state index < -0.39 is 0 Å². The van der Waals surface area contributed by atoms with Gasteiger partial charge in [0.05, 0.1) is 17.8 Å². The van der Waals surface area contributed by atoms with E-state index in [1.54, 1.807) is 24.3 Å². The molecule has 0 atom stereocenters. The van der Waals surface area contributed by atoms with E-state index in [9.17, 15) is 4.79 Å². The largest absolute Gasteiger partial charge is 0.491 e. The second-order valence-electron chi connectivity index (χ2n) is 5.08. The quantitative estimate of drug-likeness (QED) is 0.832. The summed E-state index contributed by atoms with van der Waals surface area (Å²) < 4.78 is 5.67. The van der Waals surface area contributed by atoms with E-state index in [4.69, 9.17) is 10.00 Å². The lowest BCUT2D eigenvalue weighted by Crippen LogP contribution is -2.32. The van der Waals surface area contributed by atoms with Gasteiger partial charge in [0.1, 0.15) is 18.4 Å². The van der Waals surface area contributed by atoms with Crippen molar-refractivity contribution in [2.75, 3.05) is 18.5 Å². The molecule has 2 aromatic carbocycles. The van der Waals surface area contributed by atoms with Gasteiger partial charge in [-0.3, -0.25) is 0 Å². The van der Waals surface area contributed by atoms with Crippen LogP contribution < -0.4 is 15.4 Å². The Bertz CT molecular complexity index is 735. The van der Waals surface area contributed by atoms with Crippen LogP contribution in [0.5, 0.6) is 5.75 Å². The molecule has 5 heteroatoms. The number of para-hydroxylation sites is 1. The molecule has 0 aliphatic rings. The molecule has 0 aromatic heterocycles. The SMILES string of the molecule is Cc1cccc(OCCNC(=O)Nc2ccccc2C#N)c1C. The molecule has 0 saturated carbocycles. The first-order chi connectivity index (χ1) is 11.1. The Hall–Kier alpha value is -3.00. The maximum absolute atomic E-state index is 11.8. The highest BCUT2D eigenvalue weighted by Crippen LogP contribution is 2.20. The van der Waals surface area contributed by atoms with Crippen LogP contribution in [-0.4, -0.2) is 19.2 Å². The number of nitrogens with zero attached hydrogens (tertiary/aromatic N) is 1. The highest BCUT2D eigenvalue weighted by atomic mass is 16.5. The summed E-state index contributed by atoms with van der Waals surface area (Å²) in [5, 5.41) is 14.3. The van der Waals surface area contributed by atoms with Gasteiger partial charge in [0.2, 0.25) is 0 Å². The molecule has 2 N–H and O–H groups in total. The lowest BCUT2D eigenvalue weighted by molar-refractivity contribution is 0.247. The molecule has 23 heavy (non-hydrogen) atoms. The first-order valence-electron chi connectivity index (χ1n) is 7.35. The average molecular weight is 309 g/mol. The number of hydrogen-bond acceptors (Lipinski definition) is 3. The van der Waals surface area contributed by atoms with E-state index in [-0.39, 0.29) is 6.03 Å². The minimum absolute atomic E-state index is 0.364. The van der Waals surface area contributed by atoms with Gasteiger partial charge in [0.25, 0.3) is 0 Å². The molecule has 0 fully saturated rings. The summed E-state index contributed by atoms with van der Waals surface area (Å²) in [7, 11) is 0. The second kappa shape index (κ2) is 7.85. The van der Waals surface area contributed by atoms with Crippen LogP contribution in [0.4, 0.5) is 10.5 Å². The molecule has 2 rings (SSSR count). The second-order valence-corrected chi connectivity index (χ2v) is 5.08. The number of ether oxygens (including phenoxy) is 1. The van der Waals surface area contributed by atoms with Gasteiger partial charge in [0, 0.05) is 0 Å². The first kappa shape index (κ1) is 16.4.